The van der Waals surface area contributed by atoms with Crippen LogP contribution in [-0.4, -0.2) is 26.1 Å². The quantitative estimate of drug-likeness (QED) is 0.299. The number of allylic oxidation sites excluding steroid dienone is 3. The van der Waals surface area contributed by atoms with Gasteiger partial charge in [-0.3, -0.25) is 9.48 Å². The minimum atomic E-state index is -0.309. The number of aromatic amines is 1. The van der Waals surface area contributed by atoms with Crippen LogP contribution in [0.4, 0.5) is 4.39 Å². The van der Waals surface area contributed by atoms with E-state index in [2.05, 4.69) is 21.4 Å². The van der Waals surface area contributed by atoms with Crippen LogP contribution in [-0.2, 0) is 18.3 Å². The molecule has 1 aromatic carbocycles. The number of nitrogens with one attached hydrogen (secondary N) is 1. The Morgan fingerprint density at radius 3 is 2.88 bits per heavy atom. The molecule has 1 aliphatic carbocycles. The SMILES string of the molecule is C[C@@H]1C[C@@H]1OC(=C/C(Cl)=C/F)/C(C#N)=C/c1c(-c2ccc3c(=O)[nH]nc(CN)c3c2)cnn1C. The Morgan fingerprint density at radius 1 is 1.47 bits per heavy atom. The van der Waals surface area contributed by atoms with Crippen molar-refractivity contribution in [2.45, 2.75) is 26.0 Å². The summed E-state index contributed by atoms with van der Waals surface area (Å²) >= 11 is 5.87. The topological polar surface area (TPSA) is 123 Å². The second-order valence-electron chi connectivity index (χ2n) is 8.07. The molecule has 0 aliphatic heterocycles. The number of rotatable bonds is 7. The van der Waals surface area contributed by atoms with Gasteiger partial charge in [-0.25, -0.2) is 9.49 Å². The molecular formula is C24H22ClFN6O2. The van der Waals surface area contributed by atoms with Gasteiger partial charge in [0.15, 0.2) is 0 Å². The van der Waals surface area contributed by atoms with Gasteiger partial charge in [-0.1, -0.05) is 24.6 Å². The number of ether oxygens (including phenoxy) is 1. The minimum Gasteiger partial charge on any atom is -0.489 e. The number of aryl methyl sites for hydroxylation is 1. The maximum absolute atomic E-state index is 12.9. The number of hydrogen-bond donors (Lipinski definition) is 2. The zero-order chi connectivity index (χ0) is 24.4. The van der Waals surface area contributed by atoms with Crippen molar-refractivity contribution in [1.29, 1.82) is 5.26 Å². The van der Waals surface area contributed by atoms with Crippen LogP contribution in [0, 0.1) is 17.2 Å². The molecule has 8 nitrogen and oxygen atoms in total. The Labute approximate surface area is 199 Å². The second kappa shape index (κ2) is 9.63. The molecule has 0 bridgehead atoms. The number of halogens is 2. The summed E-state index contributed by atoms with van der Waals surface area (Å²) in [5, 5.41) is 21.6. The lowest BCUT2D eigenvalue weighted by Crippen LogP contribution is -2.13. The van der Waals surface area contributed by atoms with Crippen molar-refractivity contribution in [3.05, 3.63) is 74.9 Å². The first-order chi connectivity index (χ1) is 16.4. The van der Waals surface area contributed by atoms with E-state index in [0.29, 0.717) is 33.6 Å². The average Bonchev–Trinajstić information content (AvgIpc) is 3.41. The van der Waals surface area contributed by atoms with Crippen molar-refractivity contribution in [3.63, 3.8) is 0 Å². The molecule has 0 spiro atoms. The fraction of sp³-hybridized carbons (Fsp3) is 0.250. The number of H-pyrrole nitrogens is 1. The van der Waals surface area contributed by atoms with E-state index in [1.54, 1.807) is 36.1 Å². The Morgan fingerprint density at radius 2 is 2.24 bits per heavy atom. The highest BCUT2D eigenvalue weighted by molar-refractivity contribution is 6.31. The molecule has 0 saturated heterocycles. The fourth-order valence-corrected chi connectivity index (χ4v) is 3.72. The zero-order valence-electron chi connectivity index (χ0n) is 18.5. The van der Waals surface area contributed by atoms with Crippen LogP contribution < -0.4 is 11.3 Å². The van der Waals surface area contributed by atoms with Gasteiger partial charge in [0.05, 0.1) is 33.6 Å². The maximum Gasteiger partial charge on any atom is 0.272 e. The summed E-state index contributed by atoms with van der Waals surface area (Å²) in [6.45, 7) is 2.18. The van der Waals surface area contributed by atoms with Gasteiger partial charge in [-0.05, 0) is 36.1 Å². The van der Waals surface area contributed by atoms with Crippen LogP contribution in [0.25, 0.3) is 28.0 Å². The van der Waals surface area contributed by atoms with Crippen molar-refractivity contribution in [3.8, 4) is 17.2 Å². The van der Waals surface area contributed by atoms with E-state index in [9.17, 15) is 14.4 Å². The van der Waals surface area contributed by atoms with Gasteiger partial charge in [0, 0.05) is 30.6 Å². The van der Waals surface area contributed by atoms with Crippen LogP contribution >= 0.6 is 11.6 Å². The smallest absolute Gasteiger partial charge is 0.272 e. The van der Waals surface area contributed by atoms with Crippen molar-refractivity contribution >= 4 is 28.4 Å². The Balaban J connectivity index is 1.83. The van der Waals surface area contributed by atoms with Crippen LogP contribution in [0.5, 0.6) is 0 Å². The zero-order valence-corrected chi connectivity index (χ0v) is 19.3. The monoisotopic (exact) mass is 480 g/mol. The van der Waals surface area contributed by atoms with Crippen LogP contribution in [0.1, 0.15) is 24.7 Å². The third-order valence-corrected chi connectivity index (χ3v) is 5.90. The minimum absolute atomic E-state index is 0.0566. The summed E-state index contributed by atoms with van der Waals surface area (Å²) in [7, 11) is 1.74. The highest BCUT2D eigenvalue weighted by Crippen LogP contribution is 2.37. The van der Waals surface area contributed by atoms with Crippen LogP contribution in [0.15, 0.2) is 58.0 Å². The molecule has 1 saturated carbocycles. The van der Waals surface area contributed by atoms with Crippen LogP contribution in [0.3, 0.4) is 0 Å². The van der Waals surface area contributed by atoms with Gasteiger partial charge in [0.25, 0.3) is 5.56 Å². The van der Waals surface area contributed by atoms with Gasteiger partial charge >= 0.3 is 0 Å². The second-order valence-corrected chi connectivity index (χ2v) is 8.51. The molecule has 4 rings (SSSR count). The van der Waals surface area contributed by atoms with E-state index in [4.69, 9.17) is 22.1 Å². The molecular weight excluding hydrogens is 459 g/mol. The molecule has 2 heterocycles. The highest BCUT2D eigenvalue weighted by Gasteiger charge is 2.36. The molecule has 174 valence electrons. The lowest BCUT2D eigenvalue weighted by atomic mass is 10.0. The number of nitriles is 1. The first-order valence-corrected chi connectivity index (χ1v) is 10.9. The molecule has 0 unspecified atom stereocenters. The van der Waals surface area contributed by atoms with E-state index < -0.39 is 0 Å². The lowest BCUT2D eigenvalue weighted by Gasteiger charge is -2.11. The van der Waals surface area contributed by atoms with Gasteiger partial charge in [0.1, 0.15) is 24.3 Å². The molecule has 1 fully saturated rings. The average molecular weight is 481 g/mol. The molecule has 3 aromatic rings. The summed E-state index contributed by atoms with van der Waals surface area (Å²) in [5.41, 5.74) is 8.31. The largest absolute Gasteiger partial charge is 0.489 e. The summed E-state index contributed by atoms with van der Waals surface area (Å²) in [6, 6.07) is 7.44. The molecule has 2 aromatic heterocycles. The number of nitrogens with two attached hydrogens (primary N) is 1. The van der Waals surface area contributed by atoms with Crippen molar-refractivity contribution in [1.82, 2.24) is 20.0 Å². The molecule has 0 amide bonds. The molecule has 34 heavy (non-hydrogen) atoms. The molecule has 10 heteroatoms. The third-order valence-electron chi connectivity index (χ3n) is 5.71. The first kappa shape index (κ1) is 23.4. The highest BCUT2D eigenvalue weighted by atomic mass is 35.5. The Kier molecular flexibility index (Phi) is 6.63. The van der Waals surface area contributed by atoms with E-state index in [1.165, 1.54) is 6.08 Å². The van der Waals surface area contributed by atoms with E-state index >= 15 is 0 Å². The van der Waals surface area contributed by atoms with Gasteiger partial charge in [-0.15, -0.1) is 0 Å². The van der Waals surface area contributed by atoms with Gasteiger partial charge in [0.2, 0.25) is 0 Å². The Bertz CT molecular complexity index is 1450. The van der Waals surface area contributed by atoms with Crippen molar-refractivity contribution in [2.24, 2.45) is 18.7 Å². The molecule has 3 N–H and O–H groups in total. The van der Waals surface area contributed by atoms with E-state index in [-0.39, 0.29) is 40.9 Å². The first-order valence-electron chi connectivity index (χ1n) is 10.6. The number of nitrogens with zero attached hydrogens (tertiary/aromatic N) is 4. The number of fused-ring (bicyclic) bond motifs is 1. The maximum atomic E-state index is 12.9. The summed E-state index contributed by atoms with van der Waals surface area (Å²) in [4.78, 5) is 12.2. The Hall–Kier alpha value is -3.74. The van der Waals surface area contributed by atoms with E-state index in [0.717, 1.165) is 12.0 Å². The summed E-state index contributed by atoms with van der Waals surface area (Å²) < 4.78 is 20.5. The van der Waals surface area contributed by atoms with Crippen molar-refractivity contribution < 1.29 is 9.13 Å². The van der Waals surface area contributed by atoms with E-state index in [1.807, 2.05) is 13.0 Å². The normalized spacial score (nSPS) is 18.8. The van der Waals surface area contributed by atoms with Crippen LogP contribution in [0.2, 0.25) is 0 Å². The molecule has 0 radical (unpaired) electrons. The molecule has 2 atom stereocenters. The number of hydrogen-bond acceptors (Lipinski definition) is 6. The number of benzene rings is 1. The standard InChI is InChI=1S/C24H22ClFN6O2/c1-13-5-22(13)34-23(8-16(25)9-26)15(10-27)7-21-19(12-29-32(21)2)14-3-4-17-18(6-14)20(11-28)30-31-24(17)33/h3-4,6-9,12-13,22H,5,11,28H2,1-2H3,(H,31,33)/b15-7+,16-9-,23-8+/t13-,22+/m1/s1. The predicted octanol–water partition coefficient (Wildman–Crippen LogP) is 4.05. The fourth-order valence-electron chi connectivity index (χ4n) is 3.63. The summed E-state index contributed by atoms with van der Waals surface area (Å²) in [5.74, 6) is 0.525. The molecule has 1 aliphatic rings. The van der Waals surface area contributed by atoms with Crippen molar-refractivity contribution in [2.75, 3.05) is 0 Å². The third kappa shape index (κ3) is 4.64. The van der Waals surface area contributed by atoms with Gasteiger partial charge in [-0.2, -0.15) is 15.5 Å². The van der Waals surface area contributed by atoms with Gasteiger partial charge < -0.3 is 10.5 Å². The lowest BCUT2D eigenvalue weighted by molar-refractivity contribution is 0.195. The predicted molar refractivity (Wildman–Crippen MR) is 128 cm³/mol. The summed E-state index contributed by atoms with van der Waals surface area (Å²) in [6.07, 6.45) is 5.60. The number of aromatic nitrogens is 4.